The molecule has 0 amide bonds. The standard InChI is InChI=1S/C24H26F2/c1-3-5-17-7-9-18(10-8-17)19-11-13-20(14-12-19)22-16-15-21(6-4-2)23(25)24(22)26/h11-18H,3,5,7-10H2,1-2H3. The van der Waals surface area contributed by atoms with Crippen LogP contribution in [0.15, 0.2) is 36.4 Å². The molecule has 0 N–H and O–H groups in total. The van der Waals surface area contributed by atoms with Gasteiger partial charge in [0.1, 0.15) is 0 Å². The molecule has 0 atom stereocenters. The van der Waals surface area contributed by atoms with Gasteiger partial charge in [0, 0.05) is 5.56 Å². The third kappa shape index (κ3) is 3.98. The lowest BCUT2D eigenvalue weighted by Gasteiger charge is -2.28. The van der Waals surface area contributed by atoms with E-state index in [1.54, 1.807) is 19.1 Å². The third-order valence-electron chi connectivity index (χ3n) is 5.58. The van der Waals surface area contributed by atoms with E-state index in [2.05, 4.69) is 30.9 Å². The largest absolute Gasteiger partial charge is 0.203 e. The topological polar surface area (TPSA) is 0 Å². The Morgan fingerprint density at radius 3 is 2.23 bits per heavy atom. The summed E-state index contributed by atoms with van der Waals surface area (Å²) in [6.07, 6.45) is 7.69. The minimum Gasteiger partial charge on any atom is -0.203 e. The summed E-state index contributed by atoms with van der Waals surface area (Å²) in [5.74, 6) is 5.00. The van der Waals surface area contributed by atoms with Crippen molar-refractivity contribution in [2.75, 3.05) is 0 Å². The maximum Gasteiger partial charge on any atom is 0.175 e. The second kappa shape index (κ2) is 8.49. The summed E-state index contributed by atoms with van der Waals surface area (Å²) in [5, 5.41) is 0. The summed E-state index contributed by atoms with van der Waals surface area (Å²) < 4.78 is 28.5. The van der Waals surface area contributed by atoms with Gasteiger partial charge in [0.05, 0.1) is 5.56 Å². The molecule has 1 aliphatic carbocycles. The predicted octanol–water partition coefficient (Wildman–Crippen LogP) is 7.08. The number of hydrogen-bond acceptors (Lipinski definition) is 0. The van der Waals surface area contributed by atoms with Gasteiger partial charge < -0.3 is 0 Å². The minimum atomic E-state index is -0.866. The zero-order valence-corrected chi connectivity index (χ0v) is 15.6. The summed E-state index contributed by atoms with van der Waals surface area (Å²) in [4.78, 5) is 0. The van der Waals surface area contributed by atoms with Gasteiger partial charge in [0.15, 0.2) is 11.6 Å². The van der Waals surface area contributed by atoms with Crippen molar-refractivity contribution in [3.05, 3.63) is 59.2 Å². The van der Waals surface area contributed by atoms with Gasteiger partial charge in [-0.25, -0.2) is 8.78 Å². The Morgan fingerprint density at radius 2 is 1.62 bits per heavy atom. The van der Waals surface area contributed by atoms with Crippen LogP contribution in [0.3, 0.4) is 0 Å². The van der Waals surface area contributed by atoms with Crippen LogP contribution in [0.25, 0.3) is 11.1 Å². The van der Waals surface area contributed by atoms with Crippen molar-refractivity contribution in [1.82, 2.24) is 0 Å². The lowest BCUT2D eigenvalue weighted by atomic mass is 9.77. The molecule has 0 bridgehead atoms. The SMILES string of the molecule is CC#Cc1ccc(-c2ccc(C3CCC(CCC)CC3)cc2)c(F)c1F. The summed E-state index contributed by atoms with van der Waals surface area (Å²) in [7, 11) is 0. The molecule has 1 fully saturated rings. The zero-order valence-electron chi connectivity index (χ0n) is 15.6. The Bertz CT molecular complexity index is 801. The van der Waals surface area contributed by atoms with Crippen LogP contribution in [0.1, 0.15) is 69.4 Å². The first-order chi connectivity index (χ1) is 12.6. The van der Waals surface area contributed by atoms with Crippen LogP contribution in [0, 0.1) is 29.4 Å². The van der Waals surface area contributed by atoms with Crippen molar-refractivity contribution < 1.29 is 8.78 Å². The van der Waals surface area contributed by atoms with Crippen LogP contribution in [0.4, 0.5) is 8.78 Å². The fourth-order valence-electron chi connectivity index (χ4n) is 4.13. The minimum absolute atomic E-state index is 0.106. The maximum absolute atomic E-state index is 14.4. The molecule has 3 rings (SSSR count). The highest BCUT2D eigenvalue weighted by molar-refractivity contribution is 5.66. The Balaban J connectivity index is 1.76. The average Bonchev–Trinajstić information content (AvgIpc) is 2.67. The van der Waals surface area contributed by atoms with Gasteiger partial charge in [-0.1, -0.05) is 50.0 Å². The van der Waals surface area contributed by atoms with Crippen LogP contribution in [0.2, 0.25) is 0 Å². The van der Waals surface area contributed by atoms with Gasteiger partial charge in [0.25, 0.3) is 0 Å². The second-order valence-corrected chi connectivity index (χ2v) is 7.29. The molecule has 0 nitrogen and oxygen atoms in total. The average molecular weight is 352 g/mol. The van der Waals surface area contributed by atoms with Crippen LogP contribution in [-0.4, -0.2) is 0 Å². The van der Waals surface area contributed by atoms with E-state index < -0.39 is 11.6 Å². The highest BCUT2D eigenvalue weighted by atomic mass is 19.2. The number of rotatable bonds is 4. The van der Waals surface area contributed by atoms with Crippen molar-refractivity contribution in [3.8, 4) is 23.0 Å². The van der Waals surface area contributed by atoms with E-state index in [1.807, 2.05) is 12.1 Å². The van der Waals surface area contributed by atoms with Crippen LogP contribution in [0.5, 0.6) is 0 Å². The summed E-state index contributed by atoms with van der Waals surface area (Å²) in [5.41, 5.74) is 2.43. The molecule has 2 aromatic carbocycles. The molecule has 0 saturated heterocycles. The normalized spacial score (nSPS) is 19.7. The van der Waals surface area contributed by atoms with Crippen LogP contribution >= 0.6 is 0 Å². The lowest BCUT2D eigenvalue weighted by Crippen LogP contribution is -2.13. The molecular formula is C24H26F2. The van der Waals surface area contributed by atoms with E-state index in [1.165, 1.54) is 44.1 Å². The van der Waals surface area contributed by atoms with Gasteiger partial charge >= 0.3 is 0 Å². The number of benzene rings is 2. The predicted molar refractivity (Wildman–Crippen MR) is 104 cm³/mol. The van der Waals surface area contributed by atoms with Gasteiger partial charge in [0.2, 0.25) is 0 Å². The molecular weight excluding hydrogens is 326 g/mol. The van der Waals surface area contributed by atoms with Gasteiger partial charge in [-0.05, 0) is 67.7 Å². The van der Waals surface area contributed by atoms with E-state index in [0.717, 1.165) is 5.92 Å². The molecule has 26 heavy (non-hydrogen) atoms. The Morgan fingerprint density at radius 1 is 0.923 bits per heavy atom. The van der Waals surface area contributed by atoms with E-state index in [0.29, 0.717) is 17.0 Å². The van der Waals surface area contributed by atoms with Gasteiger partial charge in [-0.2, -0.15) is 0 Å². The molecule has 1 saturated carbocycles. The Kier molecular flexibility index (Phi) is 6.09. The van der Waals surface area contributed by atoms with Crippen molar-refractivity contribution >= 4 is 0 Å². The highest BCUT2D eigenvalue weighted by Gasteiger charge is 2.22. The molecule has 0 spiro atoms. The Hall–Kier alpha value is -2.14. The molecule has 136 valence electrons. The number of halogens is 2. The molecule has 0 radical (unpaired) electrons. The van der Waals surface area contributed by atoms with Crippen molar-refractivity contribution in [1.29, 1.82) is 0 Å². The molecule has 0 aliphatic heterocycles. The monoisotopic (exact) mass is 352 g/mol. The van der Waals surface area contributed by atoms with E-state index in [-0.39, 0.29) is 5.56 Å². The summed E-state index contributed by atoms with van der Waals surface area (Å²) in [6.45, 7) is 3.87. The third-order valence-corrected chi connectivity index (χ3v) is 5.58. The molecule has 2 heteroatoms. The van der Waals surface area contributed by atoms with E-state index in [4.69, 9.17) is 0 Å². The van der Waals surface area contributed by atoms with Crippen molar-refractivity contribution in [2.45, 2.75) is 58.3 Å². The fourth-order valence-corrected chi connectivity index (χ4v) is 4.13. The first-order valence-corrected chi connectivity index (χ1v) is 9.65. The summed E-state index contributed by atoms with van der Waals surface area (Å²) in [6, 6.07) is 11.2. The molecule has 0 unspecified atom stereocenters. The van der Waals surface area contributed by atoms with Gasteiger partial charge in [-0.15, -0.1) is 5.92 Å². The smallest absolute Gasteiger partial charge is 0.175 e. The molecule has 1 aliphatic rings. The van der Waals surface area contributed by atoms with Gasteiger partial charge in [-0.3, -0.25) is 0 Å². The van der Waals surface area contributed by atoms with Crippen LogP contribution in [-0.2, 0) is 0 Å². The fraction of sp³-hybridized carbons (Fsp3) is 0.417. The molecule has 0 heterocycles. The first-order valence-electron chi connectivity index (χ1n) is 9.65. The van der Waals surface area contributed by atoms with E-state index in [9.17, 15) is 8.78 Å². The maximum atomic E-state index is 14.4. The van der Waals surface area contributed by atoms with Crippen molar-refractivity contribution in [3.63, 3.8) is 0 Å². The lowest BCUT2D eigenvalue weighted by molar-refractivity contribution is 0.308. The zero-order chi connectivity index (χ0) is 18.5. The summed E-state index contributed by atoms with van der Waals surface area (Å²) >= 11 is 0. The molecule has 2 aromatic rings. The van der Waals surface area contributed by atoms with Crippen LogP contribution < -0.4 is 0 Å². The molecule has 0 aromatic heterocycles. The number of hydrogen-bond donors (Lipinski definition) is 0. The first kappa shape index (κ1) is 18.6. The highest BCUT2D eigenvalue weighted by Crippen LogP contribution is 2.38. The van der Waals surface area contributed by atoms with E-state index >= 15 is 0 Å². The quantitative estimate of drug-likeness (QED) is 0.516. The Labute approximate surface area is 155 Å². The second-order valence-electron chi connectivity index (χ2n) is 7.29. The van der Waals surface area contributed by atoms with Crippen molar-refractivity contribution in [2.24, 2.45) is 5.92 Å².